The molecule has 0 radical (unpaired) electrons. The Morgan fingerprint density at radius 2 is 2.18 bits per heavy atom. The Morgan fingerprint density at radius 1 is 1.35 bits per heavy atom. The highest BCUT2D eigenvalue weighted by atomic mass is 19.1. The van der Waals surface area contributed by atoms with E-state index < -0.39 is 0 Å². The number of nitrogens with one attached hydrogen (secondary N) is 1. The van der Waals surface area contributed by atoms with Gasteiger partial charge in [0.1, 0.15) is 5.82 Å². The van der Waals surface area contributed by atoms with Crippen LogP contribution < -0.4 is 5.32 Å². The van der Waals surface area contributed by atoms with E-state index in [1.807, 2.05) is 12.1 Å². The van der Waals surface area contributed by atoms with E-state index >= 15 is 0 Å². The molecular formula is C14H20FNO. The summed E-state index contributed by atoms with van der Waals surface area (Å²) >= 11 is 0. The van der Waals surface area contributed by atoms with Crippen LogP contribution in [-0.2, 0) is 4.74 Å². The molecular weight excluding hydrogens is 217 g/mol. The molecule has 0 spiro atoms. The summed E-state index contributed by atoms with van der Waals surface area (Å²) < 4.78 is 18.8. The maximum absolute atomic E-state index is 13.4. The van der Waals surface area contributed by atoms with E-state index in [4.69, 9.17) is 4.74 Å². The highest BCUT2D eigenvalue weighted by Crippen LogP contribution is 2.24. The van der Waals surface area contributed by atoms with Gasteiger partial charge >= 0.3 is 0 Å². The number of rotatable bonds is 3. The minimum atomic E-state index is -0.144. The van der Waals surface area contributed by atoms with Crippen molar-refractivity contribution in [3.05, 3.63) is 29.6 Å². The third kappa shape index (κ3) is 3.19. The predicted octanol–water partition coefficient (Wildman–Crippen LogP) is 3.50. The Balaban J connectivity index is 1.97. The van der Waals surface area contributed by atoms with Gasteiger partial charge in [0.05, 0.1) is 6.10 Å². The van der Waals surface area contributed by atoms with Crippen LogP contribution in [0, 0.1) is 12.7 Å². The van der Waals surface area contributed by atoms with Gasteiger partial charge in [-0.25, -0.2) is 4.39 Å². The standard InChI is InChI=1S/C14H20FNO/c1-10-6-7-12(9-14(10)15)16-11-4-3-5-13(8-11)17-2/h6-7,9,11,13,16H,3-5,8H2,1-2H3. The molecule has 0 amide bonds. The molecule has 1 aliphatic carbocycles. The molecule has 0 bridgehead atoms. The van der Waals surface area contributed by atoms with E-state index in [-0.39, 0.29) is 5.82 Å². The van der Waals surface area contributed by atoms with Crippen molar-refractivity contribution in [1.29, 1.82) is 0 Å². The van der Waals surface area contributed by atoms with Gasteiger partial charge in [0.25, 0.3) is 0 Å². The molecule has 2 rings (SSSR count). The van der Waals surface area contributed by atoms with E-state index in [9.17, 15) is 4.39 Å². The zero-order valence-electron chi connectivity index (χ0n) is 10.5. The lowest BCUT2D eigenvalue weighted by molar-refractivity contribution is 0.0669. The van der Waals surface area contributed by atoms with Crippen molar-refractivity contribution < 1.29 is 9.13 Å². The second-order valence-electron chi connectivity index (χ2n) is 4.83. The van der Waals surface area contributed by atoms with Crippen LogP contribution in [0.2, 0.25) is 0 Å². The van der Waals surface area contributed by atoms with Gasteiger partial charge in [0.2, 0.25) is 0 Å². The van der Waals surface area contributed by atoms with Crippen LogP contribution in [0.25, 0.3) is 0 Å². The Hall–Kier alpha value is -1.09. The maximum atomic E-state index is 13.4. The van der Waals surface area contributed by atoms with Crippen molar-refractivity contribution in [2.24, 2.45) is 0 Å². The van der Waals surface area contributed by atoms with Gasteiger partial charge in [-0.05, 0) is 50.3 Å². The van der Waals surface area contributed by atoms with Gasteiger partial charge in [-0.2, -0.15) is 0 Å². The highest BCUT2D eigenvalue weighted by molar-refractivity contribution is 5.46. The molecule has 1 aliphatic rings. The molecule has 1 saturated carbocycles. The van der Waals surface area contributed by atoms with Gasteiger partial charge in [-0.1, -0.05) is 6.07 Å². The quantitative estimate of drug-likeness (QED) is 0.868. The van der Waals surface area contributed by atoms with Crippen LogP contribution in [0.5, 0.6) is 0 Å². The van der Waals surface area contributed by atoms with Crippen molar-refractivity contribution in [2.45, 2.75) is 44.8 Å². The first-order chi connectivity index (χ1) is 8.19. The summed E-state index contributed by atoms with van der Waals surface area (Å²) in [6.07, 6.45) is 4.79. The molecule has 1 N–H and O–H groups in total. The average Bonchev–Trinajstić information content (AvgIpc) is 2.34. The molecule has 3 heteroatoms. The number of halogens is 1. The van der Waals surface area contributed by atoms with Crippen LogP contribution >= 0.6 is 0 Å². The predicted molar refractivity (Wildman–Crippen MR) is 67.8 cm³/mol. The van der Waals surface area contributed by atoms with Crippen LogP contribution in [0.15, 0.2) is 18.2 Å². The SMILES string of the molecule is COC1CCCC(Nc2ccc(C)c(F)c2)C1. The van der Waals surface area contributed by atoms with Crippen molar-refractivity contribution in [3.63, 3.8) is 0 Å². The molecule has 0 aromatic heterocycles. The lowest BCUT2D eigenvalue weighted by atomic mass is 9.92. The summed E-state index contributed by atoms with van der Waals surface area (Å²) in [5.74, 6) is -0.144. The van der Waals surface area contributed by atoms with E-state index in [1.54, 1.807) is 20.1 Å². The van der Waals surface area contributed by atoms with Crippen LogP contribution in [0.3, 0.4) is 0 Å². The maximum Gasteiger partial charge on any atom is 0.128 e. The number of hydrogen-bond acceptors (Lipinski definition) is 2. The normalized spacial score (nSPS) is 24.6. The first-order valence-electron chi connectivity index (χ1n) is 6.24. The summed E-state index contributed by atoms with van der Waals surface area (Å²) in [6, 6.07) is 5.73. The summed E-state index contributed by atoms with van der Waals surface area (Å²) in [7, 11) is 1.76. The summed E-state index contributed by atoms with van der Waals surface area (Å²) in [6.45, 7) is 1.78. The third-order valence-corrected chi connectivity index (χ3v) is 3.50. The summed E-state index contributed by atoms with van der Waals surface area (Å²) in [5.41, 5.74) is 1.56. The van der Waals surface area contributed by atoms with Crippen LogP contribution in [0.1, 0.15) is 31.2 Å². The largest absolute Gasteiger partial charge is 0.382 e. The number of aryl methyl sites for hydroxylation is 1. The second-order valence-corrected chi connectivity index (χ2v) is 4.83. The number of ether oxygens (including phenoxy) is 1. The van der Waals surface area contributed by atoms with E-state index in [2.05, 4.69) is 5.32 Å². The minimum absolute atomic E-state index is 0.144. The molecule has 1 aromatic rings. The zero-order valence-corrected chi connectivity index (χ0v) is 10.5. The summed E-state index contributed by atoms with van der Waals surface area (Å²) in [4.78, 5) is 0. The molecule has 94 valence electrons. The minimum Gasteiger partial charge on any atom is -0.382 e. The molecule has 0 heterocycles. The molecule has 0 saturated heterocycles. The lowest BCUT2D eigenvalue weighted by Gasteiger charge is -2.29. The first kappa shape index (κ1) is 12.4. The van der Waals surface area contributed by atoms with E-state index in [1.165, 1.54) is 6.42 Å². The highest BCUT2D eigenvalue weighted by Gasteiger charge is 2.21. The smallest absolute Gasteiger partial charge is 0.128 e. The van der Waals surface area contributed by atoms with Gasteiger partial charge in [0, 0.05) is 18.8 Å². The number of hydrogen-bond donors (Lipinski definition) is 1. The zero-order chi connectivity index (χ0) is 12.3. The molecule has 1 aromatic carbocycles. The number of benzene rings is 1. The molecule has 0 aliphatic heterocycles. The fraction of sp³-hybridized carbons (Fsp3) is 0.571. The fourth-order valence-electron chi connectivity index (χ4n) is 2.41. The number of anilines is 1. The van der Waals surface area contributed by atoms with Gasteiger partial charge in [-0.15, -0.1) is 0 Å². The summed E-state index contributed by atoms with van der Waals surface area (Å²) in [5, 5.41) is 3.39. The molecule has 1 fully saturated rings. The Kier molecular flexibility index (Phi) is 4.00. The second kappa shape index (κ2) is 5.50. The van der Waals surface area contributed by atoms with Crippen LogP contribution in [-0.4, -0.2) is 19.3 Å². The van der Waals surface area contributed by atoms with Crippen LogP contribution in [0.4, 0.5) is 10.1 Å². The molecule has 2 atom stereocenters. The fourth-order valence-corrected chi connectivity index (χ4v) is 2.41. The Labute approximate surface area is 102 Å². The topological polar surface area (TPSA) is 21.3 Å². The first-order valence-corrected chi connectivity index (χ1v) is 6.24. The lowest BCUT2D eigenvalue weighted by Crippen LogP contribution is -2.31. The molecule has 2 unspecified atom stereocenters. The molecule has 17 heavy (non-hydrogen) atoms. The van der Waals surface area contributed by atoms with Crippen molar-refractivity contribution in [1.82, 2.24) is 0 Å². The van der Waals surface area contributed by atoms with Crippen molar-refractivity contribution >= 4 is 5.69 Å². The van der Waals surface area contributed by atoms with Gasteiger partial charge in [-0.3, -0.25) is 0 Å². The average molecular weight is 237 g/mol. The van der Waals surface area contributed by atoms with Gasteiger partial charge < -0.3 is 10.1 Å². The monoisotopic (exact) mass is 237 g/mol. The third-order valence-electron chi connectivity index (χ3n) is 3.50. The van der Waals surface area contributed by atoms with Crippen molar-refractivity contribution in [3.8, 4) is 0 Å². The van der Waals surface area contributed by atoms with E-state index in [0.29, 0.717) is 17.7 Å². The van der Waals surface area contributed by atoms with E-state index in [0.717, 1.165) is 24.9 Å². The Morgan fingerprint density at radius 3 is 2.88 bits per heavy atom. The molecule has 2 nitrogen and oxygen atoms in total. The number of methoxy groups -OCH3 is 1. The Bertz CT molecular complexity index is 380. The van der Waals surface area contributed by atoms with Crippen molar-refractivity contribution in [2.75, 3.05) is 12.4 Å². The van der Waals surface area contributed by atoms with Gasteiger partial charge in [0.15, 0.2) is 0 Å².